The van der Waals surface area contributed by atoms with E-state index in [4.69, 9.17) is 0 Å². The molecule has 1 atom stereocenters. The van der Waals surface area contributed by atoms with Crippen molar-refractivity contribution in [1.29, 1.82) is 0 Å². The second-order valence-corrected chi connectivity index (χ2v) is 4.73. The molecule has 106 valence electrons. The van der Waals surface area contributed by atoms with Crippen molar-refractivity contribution in [3.05, 3.63) is 23.9 Å². The number of pyridine rings is 1. The zero-order valence-electron chi connectivity index (χ0n) is 10.9. The minimum Gasteiger partial charge on any atom is -0.355 e. The van der Waals surface area contributed by atoms with Crippen LogP contribution < -0.4 is 10.2 Å². The smallest absolute Gasteiger partial charge is 0.355 e. The van der Waals surface area contributed by atoms with Crippen molar-refractivity contribution in [2.75, 3.05) is 24.5 Å². The Balaban J connectivity index is 2.05. The van der Waals surface area contributed by atoms with Gasteiger partial charge >= 0.3 is 6.18 Å². The van der Waals surface area contributed by atoms with Gasteiger partial charge in [-0.25, -0.2) is 4.98 Å². The highest BCUT2D eigenvalue weighted by atomic mass is 19.4. The van der Waals surface area contributed by atoms with Crippen LogP contribution in [-0.2, 0) is 6.18 Å². The molecule has 0 saturated carbocycles. The zero-order chi connectivity index (χ0) is 13.9. The standard InChI is InChI=1S/C13H18F3N3/c1-2-19(9-11-4-3-7-17-11)12-6-5-10(8-18-12)13(14,15)16/h5-6,8,11,17H,2-4,7,9H2,1H3. The number of nitrogens with one attached hydrogen (secondary N) is 1. The molecule has 1 N–H and O–H groups in total. The lowest BCUT2D eigenvalue weighted by atomic mass is 10.2. The van der Waals surface area contributed by atoms with E-state index in [0.29, 0.717) is 11.9 Å². The second kappa shape index (κ2) is 5.77. The summed E-state index contributed by atoms with van der Waals surface area (Å²) in [4.78, 5) is 5.94. The van der Waals surface area contributed by atoms with E-state index >= 15 is 0 Å². The number of alkyl halides is 3. The molecule has 0 amide bonds. The minimum absolute atomic E-state index is 0.407. The number of nitrogens with zero attached hydrogens (tertiary/aromatic N) is 2. The summed E-state index contributed by atoms with van der Waals surface area (Å²) in [6.45, 7) is 4.52. The molecule has 1 aliphatic heterocycles. The summed E-state index contributed by atoms with van der Waals surface area (Å²) in [5.74, 6) is 0.601. The first-order valence-electron chi connectivity index (χ1n) is 6.52. The molecule has 1 fully saturated rings. The van der Waals surface area contributed by atoms with E-state index in [0.717, 1.165) is 44.7 Å². The molecule has 6 heteroatoms. The molecule has 1 saturated heterocycles. The van der Waals surface area contributed by atoms with Crippen molar-refractivity contribution in [2.45, 2.75) is 32.0 Å². The molecule has 1 aromatic heterocycles. The van der Waals surface area contributed by atoms with Gasteiger partial charge in [0.25, 0.3) is 0 Å². The first-order chi connectivity index (χ1) is 9.00. The Morgan fingerprint density at radius 1 is 1.42 bits per heavy atom. The lowest BCUT2D eigenvalue weighted by Crippen LogP contribution is -2.37. The fourth-order valence-electron chi connectivity index (χ4n) is 2.30. The highest BCUT2D eigenvalue weighted by Crippen LogP contribution is 2.29. The molecule has 1 aliphatic rings. The maximum absolute atomic E-state index is 12.5. The molecule has 0 aliphatic carbocycles. The molecule has 2 rings (SSSR count). The van der Waals surface area contributed by atoms with Crippen molar-refractivity contribution in [1.82, 2.24) is 10.3 Å². The Bertz CT molecular complexity index is 397. The van der Waals surface area contributed by atoms with Crippen molar-refractivity contribution in [2.24, 2.45) is 0 Å². The predicted molar refractivity (Wildman–Crippen MR) is 68.2 cm³/mol. The average Bonchev–Trinajstić information content (AvgIpc) is 2.88. The van der Waals surface area contributed by atoms with Crippen LogP contribution in [0, 0.1) is 0 Å². The van der Waals surface area contributed by atoms with Crippen LogP contribution in [0.4, 0.5) is 19.0 Å². The van der Waals surface area contributed by atoms with Gasteiger partial charge in [0.1, 0.15) is 5.82 Å². The Kier molecular flexibility index (Phi) is 4.29. The molecule has 0 bridgehead atoms. The molecule has 3 nitrogen and oxygen atoms in total. The number of likely N-dealkylation sites (N-methyl/N-ethyl adjacent to an activating group) is 1. The van der Waals surface area contributed by atoms with Crippen LogP contribution in [0.15, 0.2) is 18.3 Å². The van der Waals surface area contributed by atoms with Crippen LogP contribution in [0.2, 0.25) is 0 Å². The second-order valence-electron chi connectivity index (χ2n) is 4.73. The van der Waals surface area contributed by atoms with E-state index in [-0.39, 0.29) is 0 Å². The average molecular weight is 273 g/mol. The SMILES string of the molecule is CCN(CC1CCCN1)c1ccc(C(F)(F)F)cn1. The summed E-state index contributed by atoms with van der Waals surface area (Å²) >= 11 is 0. The van der Waals surface area contributed by atoms with Crippen LogP contribution >= 0.6 is 0 Å². The topological polar surface area (TPSA) is 28.2 Å². The Hall–Kier alpha value is -1.30. The quantitative estimate of drug-likeness (QED) is 0.914. The number of hydrogen-bond acceptors (Lipinski definition) is 3. The van der Waals surface area contributed by atoms with Crippen LogP contribution in [0.5, 0.6) is 0 Å². The van der Waals surface area contributed by atoms with Crippen LogP contribution in [0.25, 0.3) is 0 Å². The summed E-state index contributed by atoms with van der Waals surface area (Å²) in [5, 5.41) is 3.38. The Morgan fingerprint density at radius 3 is 2.68 bits per heavy atom. The maximum Gasteiger partial charge on any atom is 0.417 e. The van der Waals surface area contributed by atoms with E-state index in [2.05, 4.69) is 10.3 Å². The van der Waals surface area contributed by atoms with Gasteiger partial charge < -0.3 is 10.2 Å². The van der Waals surface area contributed by atoms with Gasteiger partial charge in [-0.15, -0.1) is 0 Å². The van der Waals surface area contributed by atoms with E-state index in [1.165, 1.54) is 6.07 Å². The monoisotopic (exact) mass is 273 g/mol. The van der Waals surface area contributed by atoms with Gasteiger partial charge in [0.2, 0.25) is 0 Å². The van der Waals surface area contributed by atoms with Gasteiger partial charge in [-0.3, -0.25) is 0 Å². The molecule has 2 heterocycles. The van der Waals surface area contributed by atoms with Crippen LogP contribution in [0.1, 0.15) is 25.3 Å². The maximum atomic E-state index is 12.5. The van der Waals surface area contributed by atoms with Gasteiger partial charge in [0, 0.05) is 25.3 Å². The first-order valence-corrected chi connectivity index (χ1v) is 6.52. The minimum atomic E-state index is -4.32. The number of hydrogen-bond donors (Lipinski definition) is 1. The van der Waals surface area contributed by atoms with Gasteiger partial charge in [0.15, 0.2) is 0 Å². The highest BCUT2D eigenvalue weighted by molar-refractivity contribution is 5.40. The van der Waals surface area contributed by atoms with E-state index in [1.54, 1.807) is 0 Å². The molecular weight excluding hydrogens is 255 g/mol. The summed E-state index contributed by atoms with van der Waals surface area (Å²) in [6.07, 6.45) is -1.16. The van der Waals surface area contributed by atoms with Crippen molar-refractivity contribution >= 4 is 5.82 Å². The molecule has 0 radical (unpaired) electrons. The summed E-state index contributed by atoms with van der Waals surface area (Å²) < 4.78 is 37.4. The summed E-state index contributed by atoms with van der Waals surface area (Å²) in [5.41, 5.74) is -0.703. The van der Waals surface area contributed by atoms with Crippen LogP contribution in [-0.4, -0.2) is 30.7 Å². The lowest BCUT2D eigenvalue weighted by Gasteiger charge is -2.25. The van der Waals surface area contributed by atoms with Crippen molar-refractivity contribution < 1.29 is 13.2 Å². The molecule has 0 aromatic carbocycles. The largest absolute Gasteiger partial charge is 0.417 e. The van der Waals surface area contributed by atoms with Gasteiger partial charge in [-0.2, -0.15) is 13.2 Å². The van der Waals surface area contributed by atoms with E-state index < -0.39 is 11.7 Å². The molecular formula is C13H18F3N3. The van der Waals surface area contributed by atoms with Gasteiger partial charge in [-0.05, 0) is 38.4 Å². The summed E-state index contributed by atoms with van der Waals surface area (Å²) in [6, 6.07) is 2.94. The fraction of sp³-hybridized carbons (Fsp3) is 0.615. The third-order valence-corrected chi connectivity index (χ3v) is 3.38. The van der Waals surface area contributed by atoms with E-state index in [1.807, 2.05) is 11.8 Å². The lowest BCUT2D eigenvalue weighted by molar-refractivity contribution is -0.137. The molecule has 1 aromatic rings. The first kappa shape index (κ1) is 14.1. The number of halogens is 3. The predicted octanol–water partition coefficient (Wildman–Crippen LogP) is 2.68. The molecule has 19 heavy (non-hydrogen) atoms. The Morgan fingerprint density at radius 2 is 2.21 bits per heavy atom. The van der Waals surface area contributed by atoms with Crippen molar-refractivity contribution in [3.63, 3.8) is 0 Å². The van der Waals surface area contributed by atoms with Crippen molar-refractivity contribution in [3.8, 4) is 0 Å². The third kappa shape index (κ3) is 3.59. The molecule has 0 spiro atoms. The highest BCUT2D eigenvalue weighted by Gasteiger charge is 2.31. The number of anilines is 1. The Labute approximate surface area is 110 Å². The molecule has 1 unspecified atom stereocenters. The number of aromatic nitrogens is 1. The van der Waals surface area contributed by atoms with Gasteiger partial charge in [-0.1, -0.05) is 0 Å². The fourth-order valence-corrected chi connectivity index (χ4v) is 2.30. The zero-order valence-corrected chi connectivity index (χ0v) is 10.9. The van der Waals surface area contributed by atoms with Gasteiger partial charge in [0.05, 0.1) is 5.56 Å². The van der Waals surface area contributed by atoms with E-state index in [9.17, 15) is 13.2 Å². The normalized spacial score (nSPS) is 19.7. The third-order valence-electron chi connectivity index (χ3n) is 3.38. The van der Waals surface area contributed by atoms with Crippen LogP contribution in [0.3, 0.4) is 0 Å². The number of rotatable bonds is 4. The summed E-state index contributed by atoms with van der Waals surface area (Å²) in [7, 11) is 0.